The fourth-order valence-corrected chi connectivity index (χ4v) is 2.69. The molecule has 0 amide bonds. The van der Waals surface area contributed by atoms with Crippen molar-refractivity contribution in [1.29, 1.82) is 0 Å². The zero-order chi connectivity index (χ0) is 17.6. The summed E-state index contributed by atoms with van der Waals surface area (Å²) in [6, 6.07) is 21.1. The number of hydrogen-bond acceptors (Lipinski definition) is 2. The fourth-order valence-electron chi connectivity index (χ4n) is 2.31. The zero-order valence-electron chi connectivity index (χ0n) is 13.7. The molecule has 0 unspecified atom stereocenters. The summed E-state index contributed by atoms with van der Waals surface area (Å²) in [5, 5.41) is 1.39. The summed E-state index contributed by atoms with van der Waals surface area (Å²) in [4.78, 5) is 4.50. The lowest BCUT2D eigenvalue weighted by Crippen LogP contribution is -1.95. The Morgan fingerprint density at radius 1 is 0.920 bits per heavy atom. The summed E-state index contributed by atoms with van der Waals surface area (Å²) in [7, 11) is 0. The van der Waals surface area contributed by atoms with Crippen LogP contribution in [0.25, 0.3) is 0 Å². The van der Waals surface area contributed by atoms with Gasteiger partial charge >= 0.3 is 0 Å². The molecule has 0 atom stereocenters. The molecule has 0 heterocycles. The summed E-state index contributed by atoms with van der Waals surface area (Å²) >= 11 is 12.0. The van der Waals surface area contributed by atoms with Gasteiger partial charge in [-0.3, -0.25) is 4.99 Å². The van der Waals surface area contributed by atoms with Gasteiger partial charge in [0.15, 0.2) is 0 Å². The minimum atomic E-state index is 0.482. The molecular weight excluding hydrogens is 353 g/mol. The molecule has 0 N–H and O–H groups in total. The van der Waals surface area contributed by atoms with Crippen LogP contribution in [0, 0.1) is 6.92 Å². The number of nitrogens with zero attached hydrogens (tertiary/aromatic N) is 1. The van der Waals surface area contributed by atoms with Crippen LogP contribution in [-0.2, 0) is 6.61 Å². The molecule has 0 spiro atoms. The van der Waals surface area contributed by atoms with Crippen molar-refractivity contribution in [2.24, 2.45) is 4.99 Å². The highest BCUT2D eigenvalue weighted by molar-refractivity contribution is 6.31. The van der Waals surface area contributed by atoms with Crippen molar-refractivity contribution in [2.45, 2.75) is 13.5 Å². The topological polar surface area (TPSA) is 21.6 Å². The standard InChI is InChI=1S/C21H17Cl2NO/c1-15-5-8-19(23)12-21(15)24-13-16-6-9-20(10-7-16)25-14-17-3-2-4-18(22)11-17/h2-13H,14H2,1H3. The van der Waals surface area contributed by atoms with Gasteiger partial charge < -0.3 is 4.74 Å². The Morgan fingerprint density at radius 2 is 1.68 bits per heavy atom. The molecule has 0 bridgehead atoms. The number of hydrogen-bond donors (Lipinski definition) is 0. The zero-order valence-corrected chi connectivity index (χ0v) is 15.3. The molecule has 3 aromatic rings. The molecule has 0 aromatic heterocycles. The van der Waals surface area contributed by atoms with E-state index < -0.39 is 0 Å². The van der Waals surface area contributed by atoms with E-state index >= 15 is 0 Å². The van der Waals surface area contributed by atoms with Gasteiger partial charge in [-0.2, -0.15) is 0 Å². The lowest BCUT2D eigenvalue weighted by molar-refractivity contribution is 0.306. The minimum Gasteiger partial charge on any atom is -0.489 e. The number of aliphatic imine (C=N–C) groups is 1. The molecule has 4 heteroatoms. The van der Waals surface area contributed by atoms with Crippen LogP contribution in [-0.4, -0.2) is 6.21 Å². The first kappa shape index (κ1) is 17.5. The molecule has 0 aliphatic heterocycles. The van der Waals surface area contributed by atoms with E-state index in [0.29, 0.717) is 16.7 Å². The Balaban J connectivity index is 1.64. The summed E-state index contributed by atoms with van der Waals surface area (Å²) in [5.41, 5.74) is 3.99. The molecule has 25 heavy (non-hydrogen) atoms. The Bertz CT molecular complexity index is 889. The second-order valence-corrected chi connectivity index (χ2v) is 6.55. The molecule has 0 fully saturated rings. The number of halogens is 2. The maximum absolute atomic E-state index is 6.02. The van der Waals surface area contributed by atoms with Gasteiger partial charge in [0.2, 0.25) is 0 Å². The molecular formula is C21H17Cl2NO. The number of benzene rings is 3. The lowest BCUT2D eigenvalue weighted by Gasteiger charge is -2.07. The van der Waals surface area contributed by atoms with Crippen molar-refractivity contribution in [1.82, 2.24) is 0 Å². The molecule has 3 aromatic carbocycles. The van der Waals surface area contributed by atoms with E-state index in [1.54, 1.807) is 0 Å². The largest absolute Gasteiger partial charge is 0.489 e. The van der Waals surface area contributed by atoms with Crippen LogP contribution in [0.4, 0.5) is 5.69 Å². The predicted octanol–water partition coefficient (Wildman–Crippen LogP) is 6.63. The van der Waals surface area contributed by atoms with Gasteiger partial charge in [0.05, 0.1) is 5.69 Å². The van der Waals surface area contributed by atoms with E-state index in [0.717, 1.165) is 28.1 Å². The van der Waals surface area contributed by atoms with Crippen LogP contribution >= 0.6 is 23.2 Å². The maximum Gasteiger partial charge on any atom is 0.119 e. The van der Waals surface area contributed by atoms with Gasteiger partial charge in [0, 0.05) is 16.3 Å². The second-order valence-electron chi connectivity index (χ2n) is 5.68. The molecule has 0 aliphatic carbocycles. The Kier molecular flexibility index (Phi) is 5.75. The van der Waals surface area contributed by atoms with Crippen LogP contribution in [0.2, 0.25) is 10.0 Å². The van der Waals surface area contributed by atoms with E-state index in [-0.39, 0.29) is 0 Å². The van der Waals surface area contributed by atoms with Crippen molar-refractivity contribution < 1.29 is 4.74 Å². The third kappa shape index (κ3) is 5.09. The van der Waals surface area contributed by atoms with E-state index in [1.165, 1.54) is 0 Å². The molecule has 0 saturated carbocycles. The summed E-state index contributed by atoms with van der Waals surface area (Å²) in [5.74, 6) is 0.802. The predicted molar refractivity (Wildman–Crippen MR) is 106 cm³/mol. The first-order chi connectivity index (χ1) is 12.1. The van der Waals surface area contributed by atoms with Crippen LogP contribution < -0.4 is 4.74 Å². The third-order valence-corrected chi connectivity index (χ3v) is 4.17. The highest BCUT2D eigenvalue weighted by Gasteiger charge is 1.99. The Labute approximate surface area is 157 Å². The average Bonchev–Trinajstić information content (AvgIpc) is 2.62. The Morgan fingerprint density at radius 3 is 2.44 bits per heavy atom. The molecule has 0 aliphatic rings. The minimum absolute atomic E-state index is 0.482. The average molecular weight is 370 g/mol. The van der Waals surface area contributed by atoms with E-state index in [1.807, 2.05) is 79.9 Å². The van der Waals surface area contributed by atoms with Gasteiger partial charge in [0.1, 0.15) is 12.4 Å². The maximum atomic E-state index is 6.02. The quantitative estimate of drug-likeness (QED) is 0.462. The van der Waals surface area contributed by atoms with Crippen LogP contribution in [0.5, 0.6) is 5.75 Å². The lowest BCUT2D eigenvalue weighted by atomic mass is 10.2. The fraction of sp³-hybridized carbons (Fsp3) is 0.0952. The third-order valence-electron chi connectivity index (χ3n) is 3.70. The first-order valence-electron chi connectivity index (χ1n) is 7.88. The summed E-state index contributed by atoms with van der Waals surface area (Å²) in [6.07, 6.45) is 1.82. The monoisotopic (exact) mass is 369 g/mol. The van der Waals surface area contributed by atoms with Crippen molar-refractivity contribution in [2.75, 3.05) is 0 Å². The van der Waals surface area contributed by atoms with E-state index in [4.69, 9.17) is 27.9 Å². The Hall–Kier alpha value is -2.29. The van der Waals surface area contributed by atoms with Gasteiger partial charge in [-0.25, -0.2) is 0 Å². The van der Waals surface area contributed by atoms with Crippen LogP contribution in [0.1, 0.15) is 16.7 Å². The van der Waals surface area contributed by atoms with Crippen LogP contribution in [0.15, 0.2) is 71.7 Å². The smallest absolute Gasteiger partial charge is 0.119 e. The summed E-state index contributed by atoms with van der Waals surface area (Å²) in [6.45, 7) is 2.49. The normalized spacial score (nSPS) is 11.0. The number of aryl methyl sites for hydroxylation is 1. The van der Waals surface area contributed by atoms with E-state index in [2.05, 4.69) is 4.99 Å². The van der Waals surface area contributed by atoms with Gasteiger partial charge in [0.25, 0.3) is 0 Å². The highest BCUT2D eigenvalue weighted by atomic mass is 35.5. The SMILES string of the molecule is Cc1ccc(Cl)cc1N=Cc1ccc(OCc2cccc(Cl)c2)cc1. The van der Waals surface area contributed by atoms with Gasteiger partial charge in [-0.1, -0.05) is 41.4 Å². The van der Waals surface area contributed by atoms with Crippen molar-refractivity contribution >= 4 is 35.1 Å². The van der Waals surface area contributed by atoms with Crippen LogP contribution in [0.3, 0.4) is 0 Å². The highest BCUT2D eigenvalue weighted by Crippen LogP contribution is 2.23. The molecule has 126 valence electrons. The number of rotatable bonds is 5. The van der Waals surface area contributed by atoms with Crippen molar-refractivity contribution in [3.05, 3.63) is 93.5 Å². The van der Waals surface area contributed by atoms with Crippen molar-refractivity contribution in [3.63, 3.8) is 0 Å². The van der Waals surface area contributed by atoms with E-state index in [9.17, 15) is 0 Å². The van der Waals surface area contributed by atoms with Crippen molar-refractivity contribution in [3.8, 4) is 5.75 Å². The molecule has 0 radical (unpaired) electrons. The van der Waals surface area contributed by atoms with Gasteiger partial charge in [-0.05, 0) is 72.1 Å². The molecule has 2 nitrogen and oxygen atoms in total. The summed E-state index contributed by atoms with van der Waals surface area (Å²) < 4.78 is 5.78. The molecule has 0 saturated heterocycles. The number of ether oxygens (including phenoxy) is 1. The second kappa shape index (κ2) is 8.19. The first-order valence-corrected chi connectivity index (χ1v) is 8.63. The molecule has 3 rings (SSSR count). The van der Waals surface area contributed by atoms with Gasteiger partial charge in [-0.15, -0.1) is 0 Å².